The maximum atomic E-state index is 13.4. The van der Waals surface area contributed by atoms with Crippen molar-refractivity contribution in [2.24, 2.45) is 0 Å². The van der Waals surface area contributed by atoms with Crippen LogP contribution in [-0.4, -0.2) is 32.0 Å². The molecule has 0 aliphatic carbocycles. The van der Waals surface area contributed by atoms with Gasteiger partial charge in [0.15, 0.2) is 5.69 Å². The number of carboxylic acids is 1. The van der Waals surface area contributed by atoms with E-state index in [4.69, 9.17) is 16.7 Å². The summed E-state index contributed by atoms with van der Waals surface area (Å²) in [7, 11) is 0. The van der Waals surface area contributed by atoms with Crippen LogP contribution in [0.4, 0.5) is 10.1 Å². The minimum atomic E-state index is -1.12. The maximum Gasteiger partial charge on any atom is 0.325 e. The monoisotopic (exact) mass is 298 g/mol. The van der Waals surface area contributed by atoms with Crippen LogP contribution in [-0.2, 0) is 11.3 Å². The van der Waals surface area contributed by atoms with E-state index in [-0.39, 0.29) is 16.4 Å². The number of nitrogens with one attached hydrogen (secondary N) is 1. The van der Waals surface area contributed by atoms with Crippen molar-refractivity contribution in [3.05, 3.63) is 40.9 Å². The fourth-order valence-corrected chi connectivity index (χ4v) is 1.57. The van der Waals surface area contributed by atoms with E-state index in [0.717, 1.165) is 16.9 Å². The largest absolute Gasteiger partial charge is 0.480 e. The van der Waals surface area contributed by atoms with Gasteiger partial charge in [-0.3, -0.25) is 9.59 Å². The number of halogens is 2. The summed E-state index contributed by atoms with van der Waals surface area (Å²) in [6.45, 7) is -0.425. The third-order valence-corrected chi connectivity index (χ3v) is 2.48. The molecule has 7 nitrogen and oxygen atoms in total. The second-order valence-corrected chi connectivity index (χ2v) is 4.21. The Morgan fingerprint density at radius 3 is 2.90 bits per heavy atom. The summed E-state index contributed by atoms with van der Waals surface area (Å²) in [5.74, 6) is -2.49. The molecule has 1 amide bonds. The molecule has 0 radical (unpaired) electrons. The van der Waals surface area contributed by atoms with Gasteiger partial charge in [-0.2, -0.15) is 0 Å². The van der Waals surface area contributed by atoms with Gasteiger partial charge in [0, 0.05) is 5.02 Å². The number of aromatic nitrogens is 3. The molecule has 0 aliphatic rings. The van der Waals surface area contributed by atoms with Gasteiger partial charge in [0.2, 0.25) is 0 Å². The Hall–Kier alpha value is -2.48. The van der Waals surface area contributed by atoms with Crippen molar-refractivity contribution in [3.63, 3.8) is 0 Å². The lowest BCUT2D eigenvalue weighted by molar-refractivity contribution is -0.137. The van der Waals surface area contributed by atoms with Gasteiger partial charge in [0.1, 0.15) is 12.4 Å². The van der Waals surface area contributed by atoms with E-state index in [2.05, 4.69) is 15.6 Å². The van der Waals surface area contributed by atoms with Gasteiger partial charge in [-0.05, 0) is 18.2 Å². The molecule has 0 saturated carbocycles. The Morgan fingerprint density at radius 1 is 1.45 bits per heavy atom. The molecule has 0 spiro atoms. The van der Waals surface area contributed by atoms with Crippen molar-refractivity contribution in [1.29, 1.82) is 0 Å². The zero-order valence-electron chi connectivity index (χ0n) is 9.88. The van der Waals surface area contributed by atoms with Gasteiger partial charge in [0.25, 0.3) is 5.91 Å². The van der Waals surface area contributed by atoms with E-state index in [1.54, 1.807) is 0 Å². The zero-order chi connectivity index (χ0) is 14.7. The van der Waals surface area contributed by atoms with Gasteiger partial charge in [-0.25, -0.2) is 9.07 Å². The first-order valence-corrected chi connectivity index (χ1v) is 5.72. The zero-order valence-corrected chi connectivity index (χ0v) is 10.6. The molecule has 1 heterocycles. The number of carboxylic acid groups (broad SMARTS) is 1. The third kappa shape index (κ3) is 3.29. The Balaban J connectivity index is 2.13. The van der Waals surface area contributed by atoms with Gasteiger partial charge >= 0.3 is 5.97 Å². The number of carbonyl (C=O) groups is 2. The quantitative estimate of drug-likeness (QED) is 0.889. The molecule has 1 aromatic carbocycles. The number of benzene rings is 1. The number of hydrogen-bond donors (Lipinski definition) is 2. The molecule has 0 bridgehead atoms. The molecule has 9 heteroatoms. The van der Waals surface area contributed by atoms with E-state index < -0.39 is 24.2 Å². The van der Waals surface area contributed by atoms with Crippen LogP contribution >= 0.6 is 11.6 Å². The predicted octanol–water partition coefficient (Wildman–Crippen LogP) is 1.41. The van der Waals surface area contributed by atoms with Crippen LogP contribution in [0.3, 0.4) is 0 Å². The van der Waals surface area contributed by atoms with Crippen molar-refractivity contribution >= 4 is 29.2 Å². The van der Waals surface area contributed by atoms with E-state index in [1.165, 1.54) is 12.1 Å². The number of hydrogen-bond acceptors (Lipinski definition) is 4. The highest BCUT2D eigenvalue weighted by Gasteiger charge is 2.14. The molecule has 104 valence electrons. The van der Waals surface area contributed by atoms with E-state index in [0.29, 0.717) is 0 Å². The van der Waals surface area contributed by atoms with Crippen LogP contribution in [0.25, 0.3) is 0 Å². The average molecular weight is 299 g/mol. The molecule has 0 fully saturated rings. The normalized spacial score (nSPS) is 10.3. The van der Waals surface area contributed by atoms with Crippen LogP contribution in [0.1, 0.15) is 10.5 Å². The van der Waals surface area contributed by atoms with Gasteiger partial charge in [0.05, 0.1) is 11.9 Å². The highest BCUT2D eigenvalue weighted by molar-refractivity contribution is 6.31. The fraction of sp³-hybridized carbons (Fsp3) is 0.0909. The summed E-state index contributed by atoms with van der Waals surface area (Å²) in [6, 6.07) is 3.70. The first-order chi connectivity index (χ1) is 9.45. The van der Waals surface area contributed by atoms with Crippen LogP contribution in [0.5, 0.6) is 0 Å². The molecule has 20 heavy (non-hydrogen) atoms. The third-order valence-electron chi connectivity index (χ3n) is 2.25. The second kappa shape index (κ2) is 5.66. The number of aliphatic carboxylic acids is 1. The van der Waals surface area contributed by atoms with E-state index in [1.807, 2.05) is 0 Å². The van der Waals surface area contributed by atoms with Crippen LogP contribution in [0.15, 0.2) is 24.4 Å². The lowest BCUT2D eigenvalue weighted by atomic mass is 10.3. The first kappa shape index (κ1) is 13.9. The lowest BCUT2D eigenvalue weighted by Gasteiger charge is -2.04. The Bertz CT molecular complexity index is 673. The van der Waals surface area contributed by atoms with E-state index in [9.17, 15) is 14.0 Å². The molecular formula is C11H8ClFN4O3. The summed E-state index contributed by atoms with van der Waals surface area (Å²) in [5, 5.41) is 18.1. The summed E-state index contributed by atoms with van der Waals surface area (Å²) >= 11 is 5.69. The maximum absolute atomic E-state index is 13.4. The number of carbonyl (C=O) groups excluding carboxylic acids is 1. The Kier molecular flexibility index (Phi) is 3.94. The highest BCUT2D eigenvalue weighted by atomic mass is 35.5. The van der Waals surface area contributed by atoms with Crippen molar-refractivity contribution < 1.29 is 19.1 Å². The molecule has 0 unspecified atom stereocenters. The van der Waals surface area contributed by atoms with Crippen molar-refractivity contribution in [3.8, 4) is 0 Å². The number of amides is 1. The molecule has 0 atom stereocenters. The number of anilines is 1. The Morgan fingerprint density at radius 2 is 2.20 bits per heavy atom. The molecule has 2 rings (SSSR count). The van der Waals surface area contributed by atoms with Crippen molar-refractivity contribution in [2.75, 3.05) is 5.32 Å². The average Bonchev–Trinajstić information content (AvgIpc) is 2.81. The molecule has 1 aromatic heterocycles. The van der Waals surface area contributed by atoms with Gasteiger partial charge in [-0.1, -0.05) is 16.8 Å². The predicted molar refractivity (Wildman–Crippen MR) is 67.0 cm³/mol. The summed E-state index contributed by atoms with van der Waals surface area (Å²) < 4.78 is 14.4. The van der Waals surface area contributed by atoms with E-state index >= 15 is 0 Å². The minimum absolute atomic E-state index is 0.102. The standard InChI is InChI=1S/C11H8ClFN4O3/c12-6-1-2-7(13)8(3-6)14-11(20)9-4-17(16-15-9)5-10(18)19/h1-4H,5H2,(H,14,20)(H,18,19). The highest BCUT2D eigenvalue weighted by Crippen LogP contribution is 2.19. The summed E-state index contributed by atoms with van der Waals surface area (Å²) in [4.78, 5) is 22.3. The van der Waals surface area contributed by atoms with Crippen molar-refractivity contribution in [2.45, 2.75) is 6.54 Å². The number of rotatable bonds is 4. The molecule has 2 aromatic rings. The minimum Gasteiger partial charge on any atom is -0.480 e. The van der Waals surface area contributed by atoms with Crippen molar-refractivity contribution in [1.82, 2.24) is 15.0 Å². The molecule has 2 N–H and O–H groups in total. The fourth-order valence-electron chi connectivity index (χ4n) is 1.40. The van der Waals surface area contributed by atoms with Gasteiger partial charge < -0.3 is 10.4 Å². The van der Waals surface area contributed by atoms with Crippen LogP contribution in [0.2, 0.25) is 5.02 Å². The summed E-state index contributed by atoms with van der Waals surface area (Å²) in [6.07, 6.45) is 1.14. The van der Waals surface area contributed by atoms with Gasteiger partial charge in [-0.15, -0.1) is 5.10 Å². The lowest BCUT2D eigenvalue weighted by Crippen LogP contribution is -2.13. The second-order valence-electron chi connectivity index (χ2n) is 3.77. The molecular weight excluding hydrogens is 291 g/mol. The molecule has 0 saturated heterocycles. The smallest absolute Gasteiger partial charge is 0.325 e. The van der Waals surface area contributed by atoms with Crippen LogP contribution in [0, 0.1) is 5.82 Å². The SMILES string of the molecule is O=C(O)Cn1cc(C(=O)Nc2cc(Cl)ccc2F)nn1. The Labute approximate surface area is 117 Å². The topological polar surface area (TPSA) is 97.1 Å². The summed E-state index contributed by atoms with van der Waals surface area (Å²) in [5.41, 5.74) is -0.235. The number of nitrogens with zero attached hydrogens (tertiary/aromatic N) is 3. The molecule has 0 aliphatic heterocycles. The first-order valence-electron chi connectivity index (χ1n) is 5.34. The van der Waals surface area contributed by atoms with Crippen LogP contribution < -0.4 is 5.32 Å².